The smallest absolute Gasteiger partial charge is 0.268 e. The van der Waals surface area contributed by atoms with E-state index in [0.717, 1.165) is 4.70 Å². The highest BCUT2D eigenvalue weighted by molar-refractivity contribution is 7.23. The Morgan fingerprint density at radius 3 is 2.86 bits per heavy atom. The minimum Gasteiger partial charge on any atom is -0.268 e. The van der Waals surface area contributed by atoms with E-state index in [-0.39, 0.29) is 11.2 Å². The maximum atomic E-state index is 12.7. The Morgan fingerprint density at radius 2 is 2.09 bits per heavy atom. The zero-order chi connectivity index (χ0) is 15.4. The van der Waals surface area contributed by atoms with E-state index < -0.39 is 4.92 Å². The molecular formula is C14H6ClN3O3S. The average Bonchev–Trinajstić information content (AvgIpc) is 2.86. The number of hydrogen-bond donors (Lipinski definition) is 0. The summed E-state index contributed by atoms with van der Waals surface area (Å²) in [6.45, 7) is 0. The van der Waals surface area contributed by atoms with Crippen molar-refractivity contribution in [3.8, 4) is 0 Å². The SMILES string of the molecule is O=c1c2ccc([N+](=O)[O-])cc2nc2sc3cccc(Cl)c3n12. The Labute approximate surface area is 131 Å². The predicted octanol–water partition coefficient (Wildman–Crippen LogP) is 3.62. The molecule has 0 aliphatic rings. The van der Waals surface area contributed by atoms with Crippen molar-refractivity contribution in [2.45, 2.75) is 0 Å². The molecule has 8 heteroatoms. The summed E-state index contributed by atoms with van der Waals surface area (Å²) in [5.41, 5.74) is 0.543. The molecule has 0 saturated heterocycles. The van der Waals surface area contributed by atoms with Crippen LogP contribution in [0, 0.1) is 10.1 Å². The number of halogens is 1. The number of para-hydroxylation sites is 1. The van der Waals surface area contributed by atoms with Gasteiger partial charge in [-0.15, -0.1) is 0 Å². The van der Waals surface area contributed by atoms with E-state index in [0.29, 0.717) is 26.4 Å². The number of thiazole rings is 1. The van der Waals surface area contributed by atoms with Gasteiger partial charge in [-0.1, -0.05) is 29.0 Å². The topological polar surface area (TPSA) is 77.5 Å². The van der Waals surface area contributed by atoms with Crippen LogP contribution in [-0.2, 0) is 0 Å². The Balaban J connectivity index is 2.24. The summed E-state index contributed by atoms with van der Waals surface area (Å²) in [6.07, 6.45) is 0. The van der Waals surface area contributed by atoms with Crippen molar-refractivity contribution >= 4 is 54.7 Å². The Morgan fingerprint density at radius 1 is 1.27 bits per heavy atom. The van der Waals surface area contributed by atoms with Crippen LogP contribution in [0.2, 0.25) is 5.02 Å². The molecule has 0 fully saturated rings. The van der Waals surface area contributed by atoms with Gasteiger partial charge < -0.3 is 0 Å². The van der Waals surface area contributed by atoms with Crippen molar-refractivity contribution in [3.05, 3.63) is 61.9 Å². The first-order valence-electron chi connectivity index (χ1n) is 6.24. The summed E-state index contributed by atoms with van der Waals surface area (Å²) in [5.74, 6) is 0. The summed E-state index contributed by atoms with van der Waals surface area (Å²) < 4.78 is 2.29. The minimum absolute atomic E-state index is 0.0945. The fourth-order valence-electron chi connectivity index (χ4n) is 2.43. The number of nitrogens with zero attached hydrogens (tertiary/aromatic N) is 3. The lowest BCUT2D eigenvalue weighted by molar-refractivity contribution is -0.384. The van der Waals surface area contributed by atoms with Crippen molar-refractivity contribution < 1.29 is 4.92 Å². The highest BCUT2D eigenvalue weighted by Crippen LogP contribution is 2.30. The second-order valence-electron chi connectivity index (χ2n) is 4.68. The molecule has 22 heavy (non-hydrogen) atoms. The first kappa shape index (κ1) is 13.2. The van der Waals surface area contributed by atoms with Gasteiger partial charge in [0.05, 0.1) is 31.1 Å². The lowest BCUT2D eigenvalue weighted by Gasteiger charge is -2.00. The molecule has 0 atom stereocenters. The van der Waals surface area contributed by atoms with Gasteiger partial charge in [0.25, 0.3) is 11.2 Å². The maximum absolute atomic E-state index is 12.7. The molecule has 0 aliphatic carbocycles. The molecule has 108 valence electrons. The van der Waals surface area contributed by atoms with Gasteiger partial charge >= 0.3 is 0 Å². The summed E-state index contributed by atoms with van der Waals surface area (Å²) in [7, 11) is 0. The van der Waals surface area contributed by atoms with Crippen molar-refractivity contribution in [2.75, 3.05) is 0 Å². The first-order chi connectivity index (χ1) is 10.6. The summed E-state index contributed by atoms with van der Waals surface area (Å²) in [5, 5.41) is 11.6. The van der Waals surface area contributed by atoms with Gasteiger partial charge in [0, 0.05) is 12.1 Å². The van der Waals surface area contributed by atoms with Crippen LogP contribution in [0.1, 0.15) is 0 Å². The zero-order valence-corrected chi connectivity index (χ0v) is 12.4. The van der Waals surface area contributed by atoms with Crippen LogP contribution in [0.25, 0.3) is 26.1 Å². The van der Waals surface area contributed by atoms with Crippen LogP contribution < -0.4 is 5.56 Å². The first-order valence-corrected chi connectivity index (χ1v) is 7.43. The van der Waals surface area contributed by atoms with Gasteiger partial charge in [-0.3, -0.25) is 14.9 Å². The van der Waals surface area contributed by atoms with Gasteiger partial charge in [-0.05, 0) is 18.2 Å². The van der Waals surface area contributed by atoms with E-state index in [1.54, 1.807) is 12.1 Å². The number of hydrogen-bond acceptors (Lipinski definition) is 5. The van der Waals surface area contributed by atoms with E-state index in [1.807, 2.05) is 6.07 Å². The lowest BCUT2D eigenvalue weighted by atomic mass is 10.2. The third-order valence-electron chi connectivity index (χ3n) is 3.41. The van der Waals surface area contributed by atoms with Crippen LogP contribution >= 0.6 is 22.9 Å². The van der Waals surface area contributed by atoms with Crippen molar-refractivity contribution in [1.29, 1.82) is 0 Å². The number of rotatable bonds is 1. The highest BCUT2D eigenvalue weighted by Gasteiger charge is 2.15. The van der Waals surface area contributed by atoms with E-state index in [1.165, 1.54) is 33.9 Å². The van der Waals surface area contributed by atoms with Gasteiger partial charge in [0.15, 0.2) is 4.96 Å². The van der Waals surface area contributed by atoms with Crippen LogP contribution in [0.3, 0.4) is 0 Å². The molecule has 4 aromatic rings. The van der Waals surface area contributed by atoms with Crippen molar-refractivity contribution in [3.63, 3.8) is 0 Å². The number of aromatic nitrogens is 2. The fraction of sp³-hybridized carbons (Fsp3) is 0. The molecule has 2 aromatic carbocycles. The number of non-ortho nitro benzene ring substituents is 1. The molecule has 0 bridgehead atoms. The predicted molar refractivity (Wildman–Crippen MR) is 86.0 cm³/mol. The van der Waals surface area contributed by atoms with E-state index in [9.17, 15) is 14.9 Å². The van der Waals surface area contributed by atoms with E-state index in [2.05, 4.69) is 4.98 Å². The molecule has 4 rings (SSSR count). The Bertz CT molecular complexity index is 1150. The molecule has 0 N–H and O–H groups in total. The van der Waals surface area contributed by atoms with Crippen LogP contribution in [0.5, 0.6) is 0 Å². The summed E-state index contributed by atoms with van der Waals surface area (Å²) >= 11 is 7.51. The normalized spacial score (nSPS) is 11.5. The number of fused-ring (bicyclic) bond motifs is 4. The van der Waals surface area contributed by atoms with Crippen LogP contribution in [0.4, 0.5) is 5.69 Å². The standard InChI is InChI=1S/C14H6ClN3O3S/c15-9-2-1-3-11-12(9)17-13(19)8-5-4-7(18(20)21)6-10(8)16-14(17)22-11/h1-6H. The number of benzene rings is 2. The molecule has 2 aromatic heterocycles. The highest BCUT2D eigenvalue weighted by atomic mass is 35.5. The van der Waals surface area contributed by atoms with Crippen molar-refractivity contribution in [1.82, 2.24) is 9.38 Å². The molecule has 0 amide bonds. The Hall–Kier alpha value is -2.51. The molecule has 6 nitrogen and oxygen atoms in total. The second kappa shape index (κ2) is 4.49. The largest absolute Gasteiger partial charge is 0.271 e. The molecule has 0 spiro atoms. The van der Waals surface area contributed by atoms with Gasteiger partial charge in [-0.25, -0.2) is 9.38 Å². The number of nitro groups is 1. The molecule has 0 unspecified atom stereocenters. The van der Waals surface area contributed by atoms with Gasteiger partial charge in [0.1, 0.15) is 0 Å². The fourth-order valence-corrected chi connectivity index (χ4v) is 3.79. The van der Waals surface area contributed by atoms with Crippen LogP contribution in [0.15, 0.2) is 41.2 Å². The molecule has 0 radical (unpaired) electrons. The van der Waals surface area contributed by atoms with Crippen molar-refractivity contribution in [2.24, 2.45) is 0 Å². The lowest BCUT2D eigenvalue weighted by Crippen LogP contribution is -2.13. The van der Waals surface area contributed by atoms with E-state index >= 15 is 0 Å². The van der Waals surface area contributed by atoms with E-state index in [4.69, 9.17) is 11.6 Å². The maximum Gasteiger partial charge on any atom is 0.271 e. The Kier molecular flexibility index (Phi) is 2.69. The van der Waals surface area contributed by atoms with Crippen LogP contribution in [-0.4, -0.2) is 14.3 Å². The molecule has 2 heterocycles. The second-order valence-corrected chi connectivity index (χ2v) is 6.10. The minimum atomic E-state index is -0.509. The quantitative estimate of drug-likeness (QED) is 0.394. The summed E-state index contributed by atoms with van der Waals surface area (Å²) in [6, 6.07) is 9.40. The third kappa shape index (κ3) is 1.73. The number of nitro benzene ring substituents is 1. The van der Waals surface area contributed by atoms with Gasteiger partial charge in [0.2, 0.25) is 0 Å². The molecular weight excluding hydrogens is 326 g/mol. The third-order valence-corrected chi connectivity index (χ3v) is 4.72. The summed E-state index contributed by atoms with van der Waals surface area (Å²) in [4.78, 5) is 27.9. The average molecular weight is 332 g/mol. The van der Waals surface area contributed by atoms with Gasteiger partial charge in [-0.2, -0.15) is 0 Å². The monoisotopic (exact) mass is 331 g/mol. The molecule has 0 aliphatic heterocycles. The molecule has 0 saturated carbocycles. The zero-order valence-electron chi connectivity index (χ0n) is 10.8.